The first-order valence-electron chi connectivity index (χ1n) is 12.4. The predicted molar refractivity (Wildman–Crippen MR) is 130 cm³/mol. The van der Waals surface area contributed by atoms with Gasteiger partial charge >= 0.3 is 5.97 Å². The number of aromatic nitrogens is 6. The molecule has 7 rings (SSSR count). The van der Waals surface area contributed by atoms with E-state index < -0.39 is 5.82 Å². The molecule has 11 heteroatoms. The highest BCUT2D eigenvalue weighted by atomic mass is 19.1. The number of anilines is 1. The first-order chi connectivity index (χ1) is 17.6. The Bertz CT molecular complexity index is 1430. The number of aromatic amines is 1. The lowest BCUT2D eigenvalue weighted by Crippen LogP contribution is -2.52. The number of halogens is 1. The van der Waals surface area contributed by atoms with Crippen molar-refractivity contribution in [2.24, 2.45) is 17.8 Å². The summed E-state index contributed by atoms with van der Waals surface area (Å²) in [6.45, 7) is 2.55. The van der Waals surface area contributed by atoms with E-state index in [0.717, 1.165) is 43.1 Å². The summed E-state index contributed by atoms with van der Waals surface area (Å²) < 4.78 is 26.6. The summed E-state index contributed by atoms with van der Waals surface area (Å²) in [6.07, 6.45) is 5.34. The molecule has 0 radical (unpaired) electrons. The standard InChI is InChI=1S/C25H28FN7O3/c1-3-36-25(34)19-13-4-6-14(7-5-13)20(19)28-23-18-9-8-16(12-35-2)33(18)32-24(29-23)21-17-10-15(26)11-27-22(17)31-30-21/h8-11,13-14,19-20H,3-7,12H2,1-2H3,(H,27,30,31)(H,28,29,32)/t13?,14?,19-,20-/m0/s1. The van der Waals surface area contributed by atoms with Gasteiger partial charge in [0.2, 0.25) is 5.82 Å². The van der Waals surface area contributed by atoms with Gasteiger partial charge < -0.3 is 14.8 Å². The lowest BCUT2D eigenvalue weighted by atomic mass is 9.61. The molecule has 0 aliphatic heterocycles. The van der Waals surface area contributed by atoms with E-state index in [0.29, 0.717) is 53.4 Å². The zero-order valence-electron chi connectivity index (χ0n) is 20.2. The lowest BCUT2D eigenvalue weighted by molar-refractivity contribution is -0.154. The van der Waals surface area contributed by atoms with Gasteiger partial charge in [-0.2, -0.15) is 5.10 Å². The molecule has 3 fully saturated rings. The van der Waals surface area contributed by atoms with Gasteiger partial charge in [0.05, 0.1) is 36.4 Å². The summed E-state index contributed by atoms with van der Waals surface area (Å²) in [7, 11) is 1.63. The maximum atomic E-state index is 14.0. The zero-order chi connectivity index (χ0) is 24.8. The number of H-pyrrole nitrogens is 1. The van der Waals surface area contributed by atoms with Crippen molar-refractivity contribution in [3.8, 4) is 11.5 Å². The van der Waals surface area contributed by atoms with Crippen molar-refractivity contribution in [1.82, 2.24) is 29.8 Å². The van der Waals surface area contributed by atoms with Gasteiger partial charge in [0.15, 0.2) is 11.5 Å². The van der Waals surface area contributed by atoms with E-state index in [1.807, 2.05) is 19.1 Å². The Balaban J connectivity index is 1.47. The first kappa shape index (κ1) is 22.8. The van der Waals surface area contributed by atoms with Crippen LogP contribution in [0.3, 0.4) is 0 Å². The molecule has 0 amide bonds. The second-order valence-corrected chi connectivity index (χ2v) is 9.58. The molecule has 3 aliphatic rings. The maximum Gasteiger partial charge on any atom is 0.311 e. The van der Waals surface area contributed by atoms with Gasteiger partial charge in [0, 0.05) is 13.2 Å². The minimum atomic E-state index is -0.471. The van der Waals surface area contributed by atoms with Crippen LogP contribution in [0.5, 0.6) is 0 Å². The van der Waals surface area contributed by atoms with Crippen LogP contribution in [-0.2, 0) is 20.9 Å². The van der Waals surface area contributed by atoms with E-state index in [1.54, 1.807) is 11.6 Å². The van der Waals surface area contributed by atoms with Gasteiger partial charge in [0.25, 0.3) is 0 Å². The highest BCUT2D eigenvalue weighted by Gasteiger charge is 2.48. The summed E-state index contributed by atoms with van der Waals surface area (Å²) in [5, 5.41) is 16.0. The van der Waals surface area contributed by atoms with Crippen molar-refractivity contribution in [3.63, 3.8) is 0 Å². The molecular weight excluding hydrogens is 465 g/mol. The molecule has 3 aliphatic carbocycles. The molecule has 0 saturated heterocycles. The van der Waals surface area contributed by atoms with Crippen LogP contribution in [0.15, 0.2) is 24.4 Å². The lowest BCUT2D eigenvalue weighted by Gasteiger charge is -2.47. The molecule has 36 heavy (non-hydrogen) atoms. The molecule has 3 saturated carbocycles. The highest BCUT2D eigenvalue weighted by Crippen LogP contribution is 2.47. The summed E-state index contributed by atoms with van der Waals surface area (Å²) >= 11 is 0. The second kappa shape index (κ2) is 9.12. The van der Waals surface area contributed by atoms with Crippen LogP contribution in [0.1, 0.15) is 38.3 Å². The molecule has 2 N–H and O–H groups in total. The molecule has 4 heterocycles. The van der Waals surface area contributed by atoms with Gasteiger partial charge in [-0.3, -0.25) is 9.89 Å². The van der Waals surface area contributed by atoms with Crippen LogP contribution in [0.2, 0.25) is 0 Å². The molecule has 4 aromatic heterocycles. The van der Waals surface area contributed by atoms with E-state index in [4.69, 9.17) is 19.6 Å². The number of hydrogen-bond acceptors (Lipinski definition) is 8. The van der Waals surface area contributed by atoms with E-state index >= 15 is 0 Å². The number of fused-ring (bicyclic) bond motifs is 5. The Labute approximate surface area is 206 Å². The van der Waals surface area contributed by atoms with Gasteiger partial charge in [-0.05, 0) is 62.6 Å². The van der Waals surface area contributed by atoms with Crippen LogP contribution in [0, 0.1) is 23.6 Å². The molecule has 188 valence electrons. The van der Waals surface area contributed by atoms with Crippen molar-refractivity contribution in [2.75, 3.05) is 19.0 Å². The van der Waals surface area contributed by atoms with Crippen LogP contribution in [0.4, 0.5) is 10.2 Å². The zero-order valence-corrected chi connectivity index (χ0v) is 20.2. The average Bonchev–Trinajstić information content (AvgIpc) is 3.49. The normalized spacial score (nSPS) is 23.4. The molecule has 10 nitrogen and oxygen atoms in total. The Morgan fingerprint density at radius 3 is 2.83 bits per heavy atom. The minimum Gasteiger partial charge on any atom is -0.466 e. The number of nitrogens with zero attached hydrogens (tertiary/aromatic N) is 5. The largest absolute Gasteiger partial charge is 0.466 e. The SMILES string of the molecule is CCOC(=O)[C@H]1C2CCC(CC2)[C@@H]1Nc1nc(-c2[nH]nc3ncc(F)cc23)nn2c(COC)ccc12. The highest BCUT2D eigenvalue weighted by molar-refractivity contribution is 5.89. The number of ether oxygens (including phenoxy) is 2. The maximum absolute atomic E-state index is 14.0. The van der Waals surface area contributed by atoms with Crippen molar-refractivity contribution in [3.05, 3.63) is 35.9 Å². The third-order valence-electron chi connectivity index (χ3n) is 7.56. The van der Waals surface area contributed by atoms with Crippen LogP contribution in [0.25, 0.3) is 28.1 Å². The number of nitrogens with one attached hydrogen (secondary N) is 2. The number of pyridine rings is 1. The van der Waals surface area contributed by atoms with Gasteiger partial charge in [-0.1, -0.05) is 0 Å². The van der Waals surface area contributed by atoms with Crippen LogP contribution < -0.4 is 5.32 Å². The van der Waals surface area contributed by atoms with Crippen LogP contribution in [-0.4, -0.2) is 55.5 Å². The quantitative estimate of drug-likeness (QED) is 0.374. The number of carbonyl (C=O) groups is 1. The topological polar surface area (TPSA) is 119 Å². The fraction of sp³-hybridized carbons (Fsp3) is 0.480. The van der Waals surface area contributed by atoms with Crippen LogP contribution >= 0.6 is 0 Å². The molecule has 0 spiro atoms. The Hall–Kier alpha value is -3.60. The van der Waals surface area contributed by atoms with E-state index in [1.165, 1.54) is 6.07 Å². The van der Waals surface area contributed by atoms with Crippen molar-refractivity contribution in [1.29, 1.82) is 0 Å². The number of hydrogen-bond donors (Lipinski definition) is 2. The van der Waals surface area contributed by atoms with Crippen molar-refractivity contribution in [2.45, 2.75) is 45.3 Å². The Morgan fingerprint density at radius 1 is 1.25 bits per heavy atom. The van der Waals surface area contributed by atoms with E-state index in [9.17, 15) is 9.18 Å². The molecular formula is C25H28FN7O3. The molecule has 4 aromatic rings. The Morgan fingerprint density at radius 2 is 2.06 bits per heavy atom. The predicted octanol–water partition coefficient (Wildman–Crippen LogP) is 3.73. The number of methoxy groups -OCH3 is 1. The summed E-state index contributed by atoms with van der Waals surface area (Å²) in [5.41, 5.74) is 2.44. The Kier molecular flexibility index (Phi) is 5.79. The third-order valence-corrected chi connectivity index (χ3v) is 7.56. The summed E-state index contributed by atoms with van der Waals surface area (Å²) in [4.78, 5) is 21.9. The summed E-state index contributed by atoms with van der Waals surface area (Å²) in [5.74, 6) is 0.735. The number of rotatable bonds is 7. The van der Waals surface area contributed by atoms with Crippen molar-refractivity contribution >= 4 is 28.3 Å². The monoisotopic (exact) mass is 493 g/mol. The average molecular weight is 494 g/mol. The molecule has 2 atom stereocenters. The van der Waals surface area contributed by atoms with E-state index in [2.05, 4.69) is 20.5 Å². The van der Waals surface area contributed by atoms with Gasteiger partial charge in [-0.25, -0.2) is 18.9 Å². The third kappa shape index (κ3) is 3.78. The van der Waals surface area contributed by atoms with Crippen molar-refractivity contribution < 1.29 is 18.7 Å². The first-order valence-corrected chi connectivity index (χ1v) is 12.4. The van der Waals surface area contributed by atoms with Gasteiger partial charge in [-0.15, -0.1) is 5.10 Å². The fourth-order valence-corrected chi connectivity index (χ4v) is 5.96. The second-order valence-electron chi connectivity index (χ2n) is 9.58. The smallest absolute Gasteiger partial charge is 0.311 e. The van der Waals surface area contributed by atoms with E-state index in [-0.39, 0.29) is 17.9 Å². The molecule has 0 aromatic carbocycles. The van der Waals surface area contributed by atoms with Gasteiger partial charge in [0.1, 0.15) is 17.0 Å². The molecule has 0 unspecified atom stereocenters. The molecule has 2 bridgehead atoms. The summed E-state index contributed by atoms with van der Waals surface area (Å²) in [6, 6.07) is 5.14. The number of esters is 1. The minimum absolute atomic E-state index is 0.0958. The number of carbonyl (C=O) groups excluding carboxylic acids is 1. The fourth-order valence-electron chi connectivity index (χ4n) is 5.96.